The highest BCUT2D eigenvalue weighted by atomic mass is 35.5. The number of hydrogen-bond donors (Lipinski definition) is 2. The van der Waals surface area contributed by atoms with Crippen molar-refractivity contribution in [2.24, 2.45) is 0 Å². The van der Waals surface area contributed by atoms with Crippen molar-refractivity contribution in [2.45, 2.75) is 25.4 Å². The van der Waals surface area contributed by atoms with Gasteiger partial charge in [0.25, 0.3) is 11.6 Å². The Hall–Kier alpha value is -3.98. The van der Waals surface area contributed by atoms with Gasteiger partial charge in [0, 0.05) is 22.8 Å². The molecule has 176 valence electrons. The predicted octanol–water partition coefficient (Wildman–Crippen LogP) is 4.85. The molecule has 2 N–H and O–H groups in total. The van der Waals surface area contributed by atoms with Crippen LogP contribution in [0.25, 0.3) is 0 Å². The summed E-state index contributed by atoms with van der Waals surface area (Å²) in [5.41, 5.74) is 1.42. The van der Waals surface area contributed by atoms with Gasteiger partial charge in [0.05, 0.1) is 36.2 Å². The van der Waals surface area contributed by atoms with E-state index in [0.29, 0.717) is 16.3 Å². The van der Waals surface area contributed by atoms with E-state index in [4.69, 9.17) is 16.3 Å². The number of esters is 1. The van der Waals surface area contributed by atoms with Crippen molar-refractivity contribution >= 4 is 34.9 Å². The minimum Gasteiger partial charge on any atom is -0.469 e. The van der Waals surface area contributed by atoms with Crippen LogP contribution in [-0.4, -0.2) is 28.9 Å². The maximum Gasteiger partial charge on any atom is 0.307 e. The molecule has 0 saturated carbocycles. The van der Waals surface area contributed by atoms with Crippen LogP contribution in [0.5, 0.6) is 0 Å². The first kappa shape index (κ1) is 24.7. The molecule has 1 amide bonds. The summed E-state index contributed by atoms with van der Waals surface area (Å²) in [5.74, 6) is -1.09. The molecule has 3 aromatic rings. The van der Waals surface area contributed by atoms with Gasteiger partial charge in [0.2, 0.25) is 0 Å². The highest BCUT2D eigenvalue weighted by molar-refractivity contribution is 6.30. The fourth-order valence-corrected chi connectivity index (χ4v) is 3.45. The van der Waals surface area contributed by atoms with E-state index in [9.17, 15) is 19.7 Å². The number of rotatable bonds is 9. The van der Waals surface area contributed by atoms with Crippen LogP contribution in [0.1, 0.15) is 47.0 Å². The first-order chi connectivity index (χ1) is 16.3. The number of ether oxygens (including phenoxy) is 1. The second-order valence-electron chi connectivity index (χ2n) is 7.47. The Morgan fingerprint density at radius 3 is 2.50 bits per heavy atom. The number of anilines is 1. The number of halogens is 1. The van der Waals surface area contributed by atoms with Crippen molar-refractivity contribution in [1.82, 2.24) is 10.3 Å². The lowest BCUT2D eigenvalue weighted by Gasteiger charge is -2.19. The van der Waals surface area contributed by atoms with Crippen LogP contribution in [0.15, 0.2) is 66.9 Å². The summed E-state index contributed by atoms with van der Waals surface area (Å²) in [7, 11) is 1.25. The van der Waals surface area contributed by atoms with Crippen LogP contribution in [0, 0.1) is 10.1 Å². The first-order valence-corrected chi connectivity index (χ1v) is 10.8. The molecule has 0 radical (unpaired) electrons. The molecule has 0 bridgehead atoms. The molecule has 1 aromatic heterocycles. The number of methoxy groups -OCH3 is 1. The Morgan fingerprint density at radius 1 is 1.15 bits per heavy atom. The number of aromatic nitrogens is 1. The number of nitrogens with zero attached hydrogens (tertiary/aromatic N) is 2. The number of nitro groups is 1. The number of amides is 1. The molecule has 34 heavy (non-hydrogen) atoms. The normalized spacial score (nSPS) is 12.3. The van der Waals surface area contributed by atoms with E-state index in [-0.39, 0.29) is 29.4 Å². The van der Waals surface area contributed by atoms with Crippen molar-refractivity contribution in [1.29, 1.82) is 0 Å². The average molecular weight is 483 g/mol. The summed E-state index contributed by atoms with van der Waals surface area (Å²) >= 11 is 5.94. The van der Waals surface area contributed by atoms with Crippen molar-refractivity contribution in [3.05, 3.63) is 98.8 Å². The molecule has 0 saturated heterocycles. The number of hydrogen-bond acceptors (Lipinski definition) is 7. The Kier molecular flexibility index (Phi) is 8.15. The maximum atomic E-state index is 13.0. The number of nitro benzene ring substituents is 1. The molecule has 2 unspecified atom stereocenters. The summed E-state index contributed by atoms with van der Waals surface area (Å²) in [6, 6.07) is 15.2. The molecule has 10 heteroatoms. The fourth-order valence-electron chi connectivity index (χ4n) is 3.32. The number of benzene rings is 2. The Balaban J connectivity index is 1.83. The summed E-state index contributed by atoms with van der Waals surface area (Å²) < 4.78 is 4.73. The van der Waals surface area contributed by atoms with Gasteiger partial charge < -0.3 is 15.4 Å². The summed E-state index contributed by atoms with van der Waals surface area (Å²) in [5, 5.41) is 18.0. The first-order valence-electron chi connectivity index (χ1n) is 10.4. The molecule has 0 aliphatic heterocycles. The van der Waals surface area contributed by atoms with Crippen LogP contribution in [0.4, 0.5) is 11.4 Å². The van der Waals surface area contributed by atoms with Crippen LogP contribution in [0.2, 0.25) is 5.02 Å². The largest absolute Gasteiger partial charge is 0.469 e. The van der Waals surface area contributed by atoms with Gasteiger partial charge in [-0.1, -0.05) is 29.8 Å². The zero-order chi connectivity index (χ0) is 24.7. The molecule has 0 aliphatic rings. The van der Waals surface area contributed by atoms with Crippen molar-refractivity contribution in [2.75, 3.05) is 12.4 Å². The molecule has 9 nitrogen and oxygen atoms in total. The minimum absolute atomic E-state index is 0.0755. The van der Waals surface area contributed by atoms with Crippen molar-refractivity contribution in [3.8, 4) is 0 Å². The monoisotopic (exact) mass is 482 g/mol. The standard InChI is InChI=1S/C24H23ClN4O5/c1-15(19-5-3-4-12-26-19)27-20-11-8-17(13-22(20)29(32)33)24(31)28-21(14-23(30)34-2)16-6-9-18(25)10-7-16/h3-13,15,21,27H,14H2,1-2H3,(H,28,31). The van der Waals surface area contributed by atoms with Crippen LogP contribution in [0.3, 0.4) is 0 Å². The van der Waals surface area contributed by atoms with Gasteiger partial charge in [-0.2, -0.15) is 0 Å². The quantitative estimate of drug-likeness (QED) is 0.254. The topological polar surface area (TPSA) is 123 Å². The van der Waals surface area contributed by atoms with Gasteiger partial charge in [-0.15, -0.1) is 0 Å². The van der Waals surface area contributed by atoms with Crippen LogP contribution >= 0.6 is 11.6 Å². The Morgan fingerprint density at radius 2 is 1.88 bits per heavy atom. The lowest BCUT2D eigenvalue weighted by atomic mass is 10.0. The van der Waals surface area contributed by atoms with E-state index >= 15 is 0 Å². The van der Waals surface area contributed by atoms with Gasteiger partial charge in [-0.25, -0.2) is 0 Å². The lowest BCUT2D eigenvalue weighted by Crippen LogP contribution is -2.30. The van der Waals surface area contributed by atoms with Gasteiger partial charge in [0.15, 0.2) is 0 Å². The zero-order valence-corrected chi connectivity index (χ0v) is 19.3. The molecule has 0 aliphatic carbocycles. The van der Waals surface area contributed by atoms with E-state index in [0.717, 1.165) is 0 Å². The SMILES string of the molecule is COC(=O)CC(NC(=O)c1ccc(NC(C)c2ccccn2)c([N+](=O)[O-])c1)c1ccc(Cl)cc1. The van der Waals surface area contributed by atoms with Crippen LogP contribution in [-0.2, 0) is 9.53 Å². The van der Waals surface area contributed by atoms with Gasteiger partial charge in [-0.05, 0) is 48.9 Å². The average Bonchev–Trinajstić information content (AvgIpc) is 2.84. The highest BCUT2D eigenvalue weighted by Gasteiger charge is 2.23. The number of carbonyl (C=O) groups is 2. The molecule has 1 heterocycles. The number of carbonyl (C=O) groups excluding carboxylic acids is 2. The highest BCUT2D eigenvalue weighted by Crippen LogP contribution is 2.29. The third kappa shape index (κ3) is 6.29. The molecule has 2 aromatic carbocycles. The fraction of sp³-hybridized carbons (Fsp3) is 0.208. The summed E-state index contributed by atoms with van der Waals surface area (Å²) in [4.78, 5) is 40.2. The summed E-state index contributed by atoms with van der Waals surface area (Å²) in [6.45, 7) is 1.83. The number of nitrogens with one attached hydrogen (secondary N) is 2. The molecule has 0 spiro atoms. The van der Waals surface area contributed by atoms with Crippen LogP contribution < -0.4 is 10.6 Å². The van der Waals surface area contributed by atoms with E-state index in [1.807, 2.05) is 19.1 Å². The summed E-state index contributed by atoms with van der Waals surface area (Å²) in [6.07, 6.45) is 1.52. The molecule has 3 rings (SSSR count). The van der Waals surface area contributed by atoms with Gasteiger partial charge in [0.1, 0.15) is 5.69 Å². The third-order valence-electron chi connectivity index (χ3n) is 5.14. The minimum atomic E-state index is -0.710. The van der Waals surface area contributed by atoms with Crippen molar-refractivity contribution in [3.63, 3.8) is 0 Å². The Labute approximate surface area is 201 Å². The molecule has 2 atom stereocenters. The second-order valence-corrected chi connectivity index (χ2v) is 7.90. The third-order valence-corrected chi connectivity index (χ3v) is 5.39. The number of pyridine rings is 1. The second kappa shape index (κ2) is 11.2. The van der Waals surface area contributed by atoms with Crippen molar-refractivity contribution < 1.29 is 19.2 Å². The maximum absolute atomic E-state index is 13.0. The lowest BCUT2D eigenvalue weighted by molar-refractivity contribution is -0.384. The Bertz CT molecular complexity index is 1170. The zero-order valence-electron chi connectivity index (χ0n) is 18.5. The van der Waals surface area contributed by atoms with E-state index < -0.39 is 22.8 Å². The van der Waals surface area contributed by atoms with E-state index in [2.05, 4.69) is 15.6 Å². The molecular weight excluding hydrogens is 460 g/mol. The van der Waals surface area contributed by atoms with E-state index in [1.165, 1.54) is 25.3 Å². The molecule has 0 fully saturated rings. The van der Waals surface area contributed by atoms with Gasteiger partial charge in [-0.3, -0.25) is 24.7 Å². The smallest absolute Gasteiger partial charge is 0.307 e. The predicted molar refractivity (Wildman–Crippen MR) is 128 cm³/mol. The van der Waals surface area contributed by atoms with E-state index in [1.54, 1.807) is 36.5 Å². The van der Waals surface area contributed by atoms with Gasteiger partial charge >= 0.3 is 5.97 Å². The molecular formula is C24H23ClN4O5.